The maximum absolute atomic E-state index is 12.6. The Morgan fingerprint density at radius 2 is 1.92 bits per heavy atom. The number of hydrogen-bond acceptors (Lipinski definition) is 2. The third-order valence-corrected chi connectivity index (χ3v) is 5.07. The molecule has 138 valence electrons. The van der Waals surface area contributed by atoms with Crippen molar-refractivity contribution in [3.8, 4) is 0 Å². The molecule has 2 aromatic rings. The number of nitrogens with one attached hydrogen (secondary N) is 1. The minimum Gasteiger partial charge on any atom is -0.337 e. The van der Waals surface area contributed by atoms with E-state index in [0.717, 1.165) is 62.2 Å². The Labute approximate surface area is 160 Å². The molecule has 1 aliphatic rings. The quantitative estimate of drug-likeness (QED) is 0.687. The molecule has 3 rings (SSSR count). The largest absolute Gasteiger partial charge is 0.337 e. The van der Waals surface area contributed by atoms with Gasteiger partial charge in [-0.1, -0.05) is 35.9 Å². The number of likely N-dealkylation sites (tertiary alicyclic amines) is 1. The second kappa shape index (κ2) is 9.58. The second-order valence-corrected chi connectivity index (χ2v) is 7.26. The number of H-pyrrole nitrogens is 1. The van der Waals surface area contributed by atoms with Crippen molar-refractivity contribution in [2.45, 2.75) is 44.9 Å². The standard InChI is InChI=1S/C21H26ClN3O/c22-19-12-10-17(11-13-19)8-4-1-2-5-9-18-16-23-24-20(18)21(26)25-14-6-3-7-15-25/h4,8,10-13,16H,1-3,5-7,9,14-15H2,(H,23,24)/b8-4-. The van der Waals surface area contributed by atoms with E-state index in [1.165, 1.54) is 12.0 Å². The summed E-state index contributed by atoms with van der Waals surface area (Å²) in [6.07, 6.45) is 13.6. The van der Waals surface area contributed by atoms with Crippen molar-refractivity contribution >= 4 is 23.6 Å². The van der Waals surface area contributed by atoms with Crippen LogP contribution >= 0.6 is 11.6 Å². The van der Waals surface area contributed by atoms with Crippen molar-refractivity contribution in [2.24, 2.45) is 0 Å². The van der Waals surface area contributed by atoms with Gasteiger partial charge in [0.2, 0.25) is 0 Å². The van der Waals surface area contributed by atoms with Crippen molar-refractivity contribution in [3.05, 3.63) is 58.4 Å². The predicted molar refractivity (Wildman–Crippen MR) is 106 cm³/mol. The molecule has 1 fully saturated rings. The average molecular weight is 372 g/mol. The lowest BCUT2D eigenvalue weighted by Gasteiger charge is -2.26. The summed E-state index contributed by atoms with van der Waals surface area (Å²) in [6, 6.07) is 7.84. The fourth-order valence-electron chi connectivity index (χ4n) is 3.31. The highest BCUT2D eigenvalue weighted by Gasteiger charge is 2.21. The number of aryl methyl sites for hydroxylation is 1. The molecule has 26 heavy (non-hydrogen) atoms. The Balaban J connectivity index is 1.43. The van der Waals surface area contributed by atoms with Crippen molar-refractivity contribution in [2.75, 3.05) is 13.1 Å². The Bertz CT molecular complexity index is 730. The lowest BCUT2D eigenvalue weighted by molar-refractivity contribution is 0.0717. The van der Waals surface area contributed by atoms with Gasteiger partial charge in [0.05, 0.1) is 6.20 Å². The molecule has 0 bridgehead atoms. The van der Waals surface area contributed by atoms with Crippen LogP contribution in [0.15, 0.2) is 36.5 Å². The molecular formula is C21H26ClN3O. The monoisotopic (exact) mass is 371 g/mol. The molecule has 5 heteroatoms. The van der Waals surface area contributed by atoms with Crippen LogP contribution in [0.3, 0.4) is 0 Å². The zero-order chi connectivity index (χ0) is 18.2. The summed E-state index contributed by atoms with van der Waals surface area (Å²) in [5.41, 5.74) is 2.89. The molecule has 1 amide bonds. The summed E-state index contributed by atoms with van der Waals surface area (Å²) < 4.78 is 0. The molecule has 0 aliphatic carbocycles. The number of unbranched alkanes of at least 4 members (excludes halogenated alkanes) is 2. The maximum Gasteiger partial charge on any atom is 0.272 e. The van der Waals surface area contributed by atoms with Gasteiger partial charge in [0.15, 0.2) is 0 Å². The topological polar surface area (TPSA) is 49.0 Å². The van der Waals surface area contributed by atoms with E-state index in [9.17, 15) is 4.79 Å². The summed E-state index contributed by atoms with van der Waals surface area (Å²) in [7, 11) is 0. The number of allylic oxidation sites excluding steroid dienone is 1. The van der Waals surface area contributed by atoms with E-state index < -0.39 is 0 Å². The van der Waals surface area contributed by atoms with Gasteiger partial charge in [-0.25, -0.2) is 0 Å². The third-order valence-electron chi connectivity index (χ3n) is 4.82. The number of carbonyl (C=O) groups excluding carboxylic acids is 1. The van der Waals surface area contributed by atoms with E-state index in [1.807, 2.05) is 29.2 Å². The first-order chi connectivity index (χ1) is 12.7. The minimum absolute atomic E-state index is 0.111. The summed E-state index contributed by atoms with van der Waals surface area (Å²) in [4.78, 5) is 14.6. The van der Waals surface area contributed by atoms with E-state index in [4.69, 9.17) is 11.6 Å². The van der Waals surface area contributed by atoms with E-state index in [-0.39, 0.29) is 5.91 Å². The highest BCUT2D eigenvalue weighted by molar-refractivity contribution is 6.30. The minimum atomic E-state index is 0.111. The smallest absolute Gasteiger partial charge is 0.272 e. The SMILES string of the molecule is O=C(c1[nH]ncc1CCCC/C=C\c1ccc(Cl)cc1)N1CCCCC1. The van der Waals surface area contributed by atoms with E-state index in [1.54, 1.807) is 6.20 Å². The number of carbonyl (C=O) groups is 1. The van der Waals surface area contributed by atoms with Crippen LogP contribution in [-0.4, -0.2) is 34.1 Å². The summed E-state index contributed by atoms with van der Waals surface area (Å²) in [5.74, 6) is 0.111. The van der Waals surface area contributed by atoms with Gasteiger partial charge < -0.3 is 4.90 Å². The molecule has 2 heterocycles. The zero-order valence-corrected chi connectivity index (χ0v) is 15.8. The first-order valence-corrected chi connectivity index (χ1v) is 9.85. The van der Waals surface area contributed by atoms with E-state index >= 15 is 0 Å². The molecule has 4 nitrogen and oxygen atoms in total. The summed E-state index contributed by atoms with van der Waals surface area (Å²) in [6.45, 7) is 1.74. The van der Waals surface area contributed by atoms with Crippen LogP contribution in [0.1, 0.15) is 60.1 Å². The van der Waals surface area contributed by atoms with Crippen LogP contribution < -0.4 is 0 Å². The summed E-state index contributed by atoms with van der Waals surface area (Å²) >= 11 is 5.89. The fourth-order valence-corrected chi connectivity index (χ4v) is 3.44. The Kier molecular flexibility index (Phi) is 6.89. The van der Waals surface area contributed by atoms with Gasteiger partial charge >= 0.3 is 0 Å². The van der Waals surface area contributed by atoms with Crippen LogP contribution in [-0.2, 0) is 6.42 Å². The third kappa shape index (κ3) is 5.21. The number of amides is 1. The number of hydrogen-bond donors (Lipinski definition) is 1. The van der Waals surface area contributed by atoms with E-state index in [0.29, 0.717) is 5.69 Å². The number of benzene rings is 1. The van der Waals surface area contributed by atoms with Crippen LogP contribution in [0.2, 0.25) is 5.02 Å². The van der Waals surface area contributed by atoms with Crippen molar-refractivity contribution in [3.63, 3.8) is 0 Å². The van der Waals surface area contributed by atoms with Gasteiger partial charge in [-0.15, -0.1) is 0 Å². The lowest BCUT2D eigenvalue weighted by atomic mass is 10.1. The van der Waals surface area contributed by atoms with Gasteiger partial charge in [-0.05, 0) is 62.6 Å². The molecule has 0 spiro atoms. The molecule has 1 aromatic carbocycles. The number of aromatic nitrogens is 2. The number of piperidine rings is 1. The molecule has 0 unspecified atom stereocenters. The normalized spacial score (nSPS) is 14.9. The first-order valence-electron chi connectivity index (χ1n) is 9.47. The number of rotatable bonds is 7. The number of aromatic amines is 1. The lowest BCUT2D eigenvalue weighted by Crippen LogP contribution is -2.36. The number of nitrogens with zero attached hydrogens (tertiary/aromatic N) is 2. The highest BCUT2D eigenvalue weighted by Crippen LogP contribution is 2.17. The van der Waals surface area contributed by atoms with Gasteiger partial charge in [0.1, 0.15) is 5.69 Å². The Hall–Kier alpha value is -2.07. The second-order valence-electron chi connectivity index (χ2n) is 6.82. The van der Waals surface area contributed by atoms with Gasteiger partial charge in [-0.3, -0.25) is 9.89 Å². The predicted octanol–water partition coefficient (Wildman–Crippen LogP) is 5.12. The molecule has 1 N–H and O–H groups in total. The first kappa shape index (κ1) is 18.7. The molecule has 0 atom stereocenters. The van der Waals surface area contributed by atoms with Crippen LogP contribution in [0, 0.1) is 0 Å². The van der Waals surface area contributed by atoms with Crippen LogP contribution in [0.5, 0.6) is 0 Å². The molecule has 1 aliphatic heterocycles. The average Bonchev–Trinajstić information content (AvgIpc) is 3.14. The zero-order valence-electron chi connectivity index (χ0n) is 15.1. The Morgan fingerprint density at radius 3 is 2.69 bits per heavy atom. The maximum atomic E-state index is 12.6. The fraction of sp³-hybridized carbons (Fsp3) is 0.429. The van der Waals surface area contributed by atoms with Crippen LogP contribution in [0.4, 0.5) is 0 Å². The highest BCUT2D eigenvalue weighted by atomic mass is 35.5. The van der Waals surface area contributed by atoms with E-state index in [2.05, 4.69) is 22.3 Å². The molecule has 0 radical (unpaired) electrons. The molecule has 1 aromatic heterocycles. The Morgan fingerprint density at radius 1 is 1.15 bits per heavy atom. The molecular weight excluding hydrogens is 346 g/mol. The van der Waals surface area contributed by atoms with Crippen molar-refractivity contribution in [1.82, 2.24) is 15.1 Å². The van der Waals surface area contributed by atoms with Crippen molar-refractivity contribution in [1.29, 1.82) is 0 Å². The van der Waals surface area contributed by atoms with Crippen LogP contribution in [0.25, 0.3) is 6.08 Å². The molecule has 0 saturated carbocycles. The van der Waals surface area contributed by atoms with Gasteiger partial charge in [0, 0.05) is 23.7 Å². The number of halogens is 1. The van der Waals surface area contributed by atoms with Gasteiger partial charge in [0.25, 0.3) is 5.91 Å². The summed E-state index contributed by atoms with van der Waals surface area (Å²) in [5, 5.41) is 7.78. The van der Waals surface area contributed by atoms with Gasteiger partial charge in [-0.2, -0.15) is 5.10 Å². The van der Waals surface area contributed by atoms with Crippen molar-refractivity contribution < 1.29 is 4.79 Å². The molecule has 1 saturated heterocycles.